The van der Waals surface area contributed by atoms with Gasteiger partial charge in [-0.05, 0) is 66.0 Å². The van der Waals surface area contributed by atoms with Gasteiger partial charge in [-0.1, -0.05) is 17.7 Å². The van der Waals surface area contributed by atoms with Gasteiger partial charge in [0.2, 0.25) is 15.9 Å². The zero-order valence-electron chi connectivity index (χ0n) is 20.9. The van der Waals surface area contributed by atoms with Gasteiger partial charge in [0.1, 0.15) is 10.5 Å². The highest BCUT2D eigenvalue weighted by Gasteiger charge is 2.38. The van der Waals surface area contributed by atoms with Crippen LogP contribution in [0.4, 0.5) is 5.69 Å². The smallest absolute Gasteiger partial charge is 0.341 e. The summed E-state index contributed by atoms with van der Waals surface area (Å²) in [5, 5.41) is 2.99. The lowest BCUT2D eigenvalue weighted by Gasteiger charge is -2.31. The molecule has 1 aromatic heterocycles. The van der Waals surface area contributed by atoms with Gasteiger partial charge < -0.3 is 14.6 Å². The third-order valence-electron chi connectivity index (χ3n) is 6.59. The van der Waals surface area contributed by atoms with Gasteiger partial charge in [-0.2, -0.15) is 4.31 Å². The average Bonchev–Trinajstić information content (AvgIpc) is 3.05. The van der Waals surface area contributed by atoms with Crippen LogP contribution in [-0.4, -0.2) is 48.9 Å². The van der Waals surface area contributed by atoms with Crippen molar-refractivity contribution in [3.05, 3.63) is 46.3 Å². The van der Waals surface area contributed by atoms with Crippen LogP contribution in [0.2, 0.25) is 0 Å². The third-order valence-corrected chi connectivity index (χ3v) is 8.65. The number of aryl methyl sites for hydroxylation is 2. The van der Waals surface area contributed by atoms with Crippen molar-refractivity contribution in [2.45, 2.75) is 65.8 Å². The highest BCUT2D eigenvalue weighted by atomic mass is 32.2. The topological polar surface area (TPSA) is 97.7 Å². The number of carbonyl (C=O) groups excluding carboxylic acids is 2. The van der Waals surface area contributed by atoms with Crippen LogP contribution >= 0.6 is 0 Å². The molecule has 1 aliphatic rings. The fourth-order valence-electron chi connectivity index (χ4n) is 4.76. The number of sulfonamides is 1. The Hall–Kier alpha value is -2.65. The quantitative estimate of drug-likeness (QED) is 0.594. The lowest BCUT2D eigenvalue weighted by molar-refractivity contribution is -0.120. The van der Waals surface area contributed by atoms with E-state index in [1.165, 1.54) is 4.31 Å². The largest absolute Gasteiger partial charge is 0.462 e. The van der Waals surface area contributed by atoms with E-state index in [9.17, 15) is 18.0 Å². The molecule has 0 saturated carbocycles. The monoisotopic (exact) mass is 489 g/mol. The van der Waals surface area contributed by atoms with Crippen LogP contribution in [0.15, 0.2) is 23.1 Å². The minimum Gasteiger partial charge on any atom is -0.462 e. The Labute approximate surface area is 202 Å². The molecule has 0 radical (unpaired) electrons. The zero-order chi connectivity index (χ0) is 25.2. The van der Waals surface area contributed by atoms with Crippen LogP contribution in [-0.2, 0) is 26.1 Å². The normalized spacial score (nSPS) is 15.4. The summed E-state index contributed by atoms with van der Waals surface area (Å²) < 4.78 is 35.7. The molecule has 1 aliphatic heterocycles. The van der Waals surface area contributed by atoms with Gasteiger partial charge >= 0.3 is 5.97 Å². The Balaban J connectivity index is 1.80. The second-order valence-electron chi connectivity index (χ2n) is 8.83. The molecular weight excluding hydrogens is 454 g/mol. The molecule has 34 heavy (non-hydrogen) atoms. The maximum absolute atomic E-state index is 13.7. The second kappa shape index (κ2) is 10.3. The number of amides is 1. The van der Waals surface area contributed by atoms with Crippen molar-refractivity contribution in [2.24, 2.45) is 5.92 Å². The molecule has 1 amide bonds. The van der Waals surface area contributed by atoms with Crippen molar-refractivity contribution >= 4 is 27.6 Å². The number of rotatable bonds is 7. The van der Waals surface area contributed by atoms with Crippen LogP contribution in [0.5, 0.6) is 0 Å². The molecular formula is C25H35N3O5S. The first-order valence-electron chi connectivity index (χ1n) is 11.8. The number of nitrogens with one attached hydrogen (secondary N) is 1. The van der Waals surface area contributed by atoms with Gasteiger partial charge in [-0.3, -0.25) is 4.79 Å². The number of hydrogen-bond donors (Lipinski definition) is 1. The molecule has 1 fully saturated rings. The lowest BCUT2D eigenvalue weighted by atomic mass is 9.97. The second-order valence-corrected chi connectivity index (χ2v) is 10.7. The molecule has 186 valence electrons. The first-order chi connectivity index (χ1) is 16.0. The SMILES string of the molecule is CCOC(=O)c1c(S(=O)(=O)N2CCC(C(=O)Nc3ccc(C)cc3C)CC2)c(C)n(CC)c1C. The number of hydrogen-bond acceptors (Lipinski definition) is 5. The van der Waals surface area contributed by atoms with Gasteiger partial charge in [0, 0.05) is 42.6 Å². The molecule has 0 bridgehead atoms. The van der Waals surface area contributed by atoms with Crippen LogP contribution in [0.3, 0.4) is 0 Å². The Morgan fingerprint density at radius 1 is 1.06 bits per heavy atom. The summed E-state index contributed by atoms with van der Waals surface area (Å²) in [5.74, 6) is -1.00. The predicted molar refractivity (Wildman–Crippen MR) is 132 cm³/mol. The molecule has 2 aromatic rings. The fourth-order valence-corrected chi connectivity index (χ4v) is 6.69. The number of nitrogens with zero attached hydrogens (tertiary/aromatic N) is 2. The zero-order valence-corrected chi connectivity index (χ0v) is 21.7. The molecule has 8 nitrogen and oxygen atoms in total. The molecule has 0 unspecified atom stereocenters. The van der Waals surface area contributed by atoms with E-state index in [4.69, 9.17) is 4.74 Å². The van der Waals surface area contributed by atoms with Crippen molar-refractivity contribution in [3.63, 3.8) is 0 Å². The van der Waals surface area contributed by atoms with E-state index in [0.29, 0.717) is 30.8 Å². The van der Waals surface area contributed by atoms with Gasteiger partial charge in [0.25, 0.3) is 0 Å². The molecule has 1 N–H and O–H groups in total. The summed E-state index contributed by atoms with van der Waals surface area (Å²) in [6.45, 7) is 12.1. The van der Waals surface area contributed by atoms with Crippen molar-refractivity contribution in [3.8, 4) is 0 Å². The molecule has 0 atom stereocenters. The average molecular weight is 490 g/mol. The molecule has 1 saturated heterocycles. The molecule has 0 aliphatic carbocycles. The van der Waals surface area contributed by atoms with E-state index in [-0.39, 0.29) is 42.0 Å². The van der Waals surface area contributed by atoms with Gasteiger partial charge in [0.15, 0.2) is 0 Å². The van der Waals surface area contributed by atoms with Gasteiger partial charge in [0.05, 0.1) is 6.61 Å². The van der Waals surface area contributed by atoms with E-state index in [0.717, 1.165) is 16.8 Å². The molecule has 9 heteroatoms. The van der Waals surface area contributed by atoms with Crippen LogP contribution in [0, 0.1) is 33.6 Å². The summed E-state index contributed by atoms with van der Waals surface area (Å²) in [5.41, 5.74) is 4.11. The van der Waals surface area contributed by atoms with Gasteiger partial charge in [-0.15, -0.1) is 0 Å². The summed E-state index contributed by atoms with van der Waals surface area (Å²) in [6.07, 6.45) is 0.828. The van der Waals surface area contributed by atoms with E-state index in [2.05, 4.69) is 5.32 Å². The minimum absolute atomic E-state index is 0.0171. The highest BCUT2D eigenvalue weighted by molar-refractivity contribution is 7.89. The Morgan fingerprint density at radius 2 is 1.71 bits per heavy atom. The number of carbonyl (C=O) groups is 2. The molecule has 2 heterocycles. The maximum Gasteiger partial charge on any atom is 0.341 e. The Morgan fingerprint density at radius 3 is 2.26 bits per heavy atom. The van der Waals surface area contributed by atoms with E-state index in [1.807, 2.05) is 43.5 Å². The summed E-state index contributed by atoms with van der Waals surface area (Å²) in [7, 11) is -3.94. The number of esters is 1. The Kier molecular flexibility index (Phi) is 7.88. The Bertz CT molecular complexity index is 1190. The summed E-state index contributed by atoms with van der Waals surface area (Å²) in [6, 6.07) is 5.85. The van der Waals surface area contributed by atoms with Crippen molar-refractivity contribution in [2.75, 3.05) is 25.0 Å². The number of benzene rings is 1. The molecule has 0 spiro atoms. The van der Waals surface area contributed by atoms with Crippen molar-refractivity contribution in [1.29, 1.82) is 0 Å². The van der Waals surface area contributed by atoms with Crippen molar-refractivity contribution in [1.82, 2.24) is 8.87 Å². The lowest BCUT2D eigenvalue weighted by Crippen LogP contribution is -2.42. The number of ether oxygens (including phenoxy) is 1. The van der Waals surface area contributed by atoms with Crippen LogP contribution in [0.25, 0.3) is 0 Å². The number of piperidine rings is 1. The highest BCUT2D eigenvalue weighted by Crippen LogP contribution is 2.33. The summed E-state index contributed by atoms with van der Waals surface area (Å²) in [4.78, 5) is 25.6. The molecule has 1 aromatic carbocycles. The van der Waals surface area contributed by atoms with E-state index >= 15 is 0 Å². The molecule has 3 rings (SSSR count). The minimum atomic E-state index is -3.94. The fraction of sp³-hybridized carbons (Fsp3) is 0.520. The maximum atomic E-state index is 13.7. The van der Waals surface area contributed by atoms with Crippen molar-refractivity contribution < 1.29 is 22.7 Å². The number of aromatic nitrogens is 1. The van der Waals surface area contributed by atoms with Crippen LogP contribution in [0.1, 0.15) is 59.6 Å². The summed E-state index contributed by atoms with van der Waals surface area (Å²) >= 11 is 0. The van der Waals surface area contributed by atoms with Gasteiger partial charge in [-0.25, -0.2) is 13.2 Å². The first-order valence-corrected chi connectivity index (χ1v) is 13.2. The van der Waals surface area contributed by atoms with E-state index < -0.39 is 16.0 Å². The predicted octanol–water partition coefficient (Wildman–Crippen LogP) is 3.96. The van der Waals surface area contributed by atoms with E-state index in [1.54, 1.807) is 20.8 Å². The van der Waals surface area contributed by atoms with Crippen LogP contribution < -0.4 is 5.32 Å². The number of anilines is 1. The first kappa shape index (κ1) is 26.0. The standard InChI is InChI=1S/C25H35N3O5S/c1-7-28-18(5)22(25(30)33-8-2)23(19(28)6)34(31,32)27-13-11-20(12-14-27)24(29)26-21-10-9-16(3)15-17(21)4/h9-10,15,20H,7-8,11-14H2,1-6H3,(H,26,29). The third kappa shape index (κ3) is 4.90.